The molecule has 0 bridgehead atoms. The van der Waals surface area contributed by atoms with Crippen LogP contribution in [-0.2, 0) is 0 Å². The summed E-state index contributed by atoms with van der Waals surface area (Å²) in [7, 11) is 0. The van der Waals surface area contributed by atoms with Crippen LogP contribution in [0.2, 0.25) is 0 Å². The Morgan fingerprint density at radius 3 is 2.71 bits per heavy atom. The van der Waals surface area contributed by atoms with Gasteiger partial charge in [-0.15, -0.1) is 11.3 Å². The molecular formula is C13H15BrN2S. The minimum absolute atomic E-state index is 0.134. The SMILES string of the molecule is CC(C)c1csc(C(N)c2cccc(Br)c2)n1. The van der Waals surface area contributed by atoms with Crippen molar-refractivity contribution < 1.29 is 0 Å². The molecule has 0 aliphatic rings. The predicted molar refractivity (Wildman–Crippen MR) is 76.4 cm³/mol. The van der Waals surface area contributed by atoms with Crippen LogP contribution in [0.25, 0.3) is 0 Å². The van der Waals surface area contributed by atoms with Crippen LogP contribution in [0, 0.1) is 0 Å². The van der Waals surface area contributed by atoms with Gasteiger partial charge in [-0.05, 0) is 23.6 Å². The second-order valence-electron chi connectivity index (χ2n) is 4.30. The third-order valence-electron chi connectivity index (χ3n) is 2.61. The molecule has 0 saturated heterocycles. The second kappa shape index (κ2) is 5.29. The molecule has 17 heavy (non-hydrogen) atoms. The van der Waals surface area contributed by atoms with Crippen molar-refractivity contribution in [1.82, 2.24) is 4.98 Å². The fourth-order valence-corrected chi connectivity index (χ4v) is 2.98. The Kier molecular flexibility index (Phi) is 3.97. The van der Waals surface area contributed by atoms with Crippen molar-refractivity contribution in [3.63, 3.8) is 0 Å². The molecule has 2 aromatic rings. The maximum atomic E-state index is 6.23. The molecule has 0 aliphatic heterocycles. The lowest BCUT2D eigenvalue weighted by Crippen LogP contribution is -2.11. The van der Waals surface area contributed by atoms with Gasteiger partial charge in [0.05, 0.1) is 11.7 Å². The van der Waals surface area contributed by atoms with Crippen molar-refractivity contribution in [1.29, 1.82) is 0 Å². The molecule has 2 N–H and O–H groups in total. The van der Waals surface area contributed by atoms with E-state index >= 15 is 0 Å². The number of halogens is 1. The smallest absolute Gasteiger partial charge is 0.114 e. The molecule has 0 saturated carbocycles. The minimum Gasteiger partial charge on any atom is -0.318 e. The second-order valence-corrected chi connectivity index (χ2v) is 6.10. The van der Waals surface area contributed by atoms with Gasteiger partial charge in [-0.2, -0.15) is 0 Å². The number of nitrogens with zero attached hydrogens (tertiary/aromatic N) is 1. The summed E-state index contributed by atoms with van der Waals surface area (Å²) in [6, 6.07) is 7.94. The lowest BCUT2D eigenvalue weighted by molar-refractivity contribution is 0.795. The van der Waals surface area contributed by atoms with Crippen molar-refractivity contribution in [2.45, 2.75) is 25.8 Å². The lowest BCUT2D eigenvalue weighted by Gasteiger charge is -2.09. The molecule has 90 valence electrons. The molecule has 2 nitrogen and oxygen atoms in total. The zero-order valence-corrected chi connectivity index (χ0v) is 12.3. The molecule has 4 heteroatoms. The van der Waals surface area contributed by atoms with Gasteiger partial charge in [0, 0.05) is 9.85 Å². The van der Waals surface area contributed by atoms with Crippen LogP contribution >= 0.6 is 27.3 Å². The Balaban J connectivity index is 2.27. The van der Waals surface area contributed by atoms with Gasteiger partial charge in [0.2, 0.25) is 0 Å². The molecule has 2 rings (SSSR count). The van der Waals surface area contributed by atoms with E-state index in [-0.39, 0.29) is 6.04 Å². The molecule has 1 aromatic heterocycles. The van der Waals surface area contributed by atoms with Crippen LogP contribution in [0.4, 0.5) is 0 Å². The summed E-state index contributed by atoms with van der Waals surface area (Å²) in [5.74, 6) is 0.453. The highest BCUT2D eigenvalue weighted by molar-refractivity contribution is 9.10. The number of aromatic nitrogens is 1. The van der Waals surface area contributed by atoms with Crippen molar-refractivity contribution in [2.24, 2.45) is 5.73 Å². The molecule has 1 aromatic carbocycles. The molecule has 0 amide bonds. The lowest BCUT2D eigenvalue weighted by atomic mass is 10.1. The Hall–Kier alpha value is -0.710. The summed E-state index contributed by atoms with van der Waals surface area (Å²) >= 11 is 5.09. The van der Waals surface area contributed by atoms with Gasteiger partial charge >= 0.3 is 0 Å². The molecule has 0 fully saturated rings. The number of thiazole rings is 1. The van der Waals surface area contributed by atoms with E-state index in [2.05, 4.69) is 40.1 Å². The molecule has 1 heterocycles. The fourth-order valence-electron chi connectivity index (χ4n) is 1.55. The summed E-state index contributed by atoms with van der Waals surface area (Å²) in [6.45, 7) is 4.28. The average Bonchev–Trinajstić information content (AvgIpc) is 2.77. The van der Waals surface area contributed by atoms with Gasteiger partial charge in [-0.3, -0.25) is 0 Å². The van der Waals surface area contributed by atoms with E-state index in [1.165, 1.54) is 0 Å². The Morgan fingerprint density at radius 2 is 2.12 bits per heavy atom. The van der Waals surface area contributed by atoms with Crippen LogP contribution in [0.5, 0.6) is 0 Å². The minimum atomic E-state index is -0.134. The van der Waals surface area contributed by atoms with E-state index in [1.54, 1.807) is 11.3 Å². The van der Waals surface area contributed by atoms with E-state index in [0.717, 1.165) is 20.7 Å². The van der Waals surface area contributed by atoms with E-state index in [0.29, 0.717) is 5.92 Å². The fraction of sp³-hybridized carbons (Fsp3) is 0.308. The molecule has 0 spiro atoms. The van der Waals surface area contributed by atoms with Gasteiger partial charge in [0.1, 0.15) is 5.01 Å². The Labute approximate surface area is 114 Å². The number of hydrogen-bond acceptors (Lipinski definition) is 3. The van der Waals surface area contributed by atoms with Crippen molar-refractivity contribution in [3.8, 4) is 0 Å². The van der Waals surface area contributed by atoms with E-state index in [9.17, 15) is 0 Å². The maximum Gasteiger partial charge on any atom is 0.114 e. The van der Waals surface area contributed by atoms with E-state index < -0.39 is 0 Å². The molecule has 1 unspecified atom stereocenters. The summed E-state index contributed by atoms with van der Waals surface area (Å²) in [5, 5.41) is 3.07. The Morgan fingerprint density at radius 1 is 1.35 bits per heavy atom. The van der Waals surface area contributed by atoms with Gasteiger partial charge in [0.25, 0.3) is 0 Å². The quantitative estimate of drug-likeness (QED) is 0.928. The van der Waals surface area contributed by atoms with Crippen LogP contribution in [0.15, 0.2) is 34.1 Å². The molecule has 0 radical (unpaired) electrons. The van der Waals surface area contributed by atoms with Crippen LogP contribution < -0.4 is 5.73 Å². The van der Waals surface area contributed by atoms with Gasteiger partial charge in [0.15, 0.2) is 0 Å². The normalized spacial score (nSPS) is 13.0. The first kappa shape index (κ1) is 12.7. The first-order chi connectivity index (χ1) is 8.08. The largest absolute Gasteiger partial charge is 0.318 e. The topological polar surface area (TPSA) is 38.9 Å². The number of nitrogens with two attached hydrogens (primary N) is 1. The Bertz CT molecular complexity index is 508. The average molecular weight is 311 g/mol. The van der Waals surface area contributed by atoms with Crippen molar-refractivity contribution in [2.75, 3.05) is 0 Å². The summed E-state index contributed by atoms with van der Waals surface area (Å²) in [4.78, 5) is 4.59. The first-order valence-electron chi connectivity index (χ1n) is 5.54. The first-order valence-corrected chi connectivity index (χ1v) is 7.21. The van der Waals surface area contributed by atoms with Crippen molar-refractivity contribution >= 4 is 27.3 Å². The highest BCUT2D eigenvalue weighted by atomic mass is 79.9. The molecule has 1 atom stereocenters. The molecule has 0 aliphatic carbocycles. The zero-order valence-electron chi connectivity index (χ0n) is 9.85. The third kappa shape index (κ3) is 2.94. The maximum absolute atomic E-state index is 6.23. The predicted octanol–water partition coefficient (Wildman–Crippen LogP) is 4.08. The zero-order chi connectivity index (χ0) is 12.4. The van der Waals surface area contributed by atoms with Crippen LogP contribution in [0.3, 0.4) is 0 Å². The number of benzene rings is 1. The summed E-state index contributed by atoms with van der Waals surface area (Å²) in [5.41, 5.74) is 8.43. The van der Waals surface area contributed by atoms with E-state index in [4.69, 9.17) is 5.73 Å². The van der Waals surface area contributed by atoms with Crippen LogP contribution in [0.1, 0.15) is 42.1 Å². The van der Waals surface area contributed by atoms with Crippen molar-refractivity contribution in [3.05, 3.63) is 50.4 Å². The summed E-state index contributed by atoms with van der Waals surface area (Å²) in [6.07, 6.45) is 0. The van der Waals surface area contributed by atoms with Gasteiger partial charge in [-0.25, -0.2) is 4.98 Å². The standard InChI is InChI=1S/C13H15BrN2S/c1-8(2)11-7-17-13(16-11)12(15)9-4-3-5-10(14)6-9/h3-8,12H,15H2,1-2H3. The summed E-state index contributed by atoms with van der Waals surface area (Å²) < 4.78 is 1.05. The monoisotopic (exact) mass is 310 g/mol. The van der Waals surface area contributed by atoms with Crippen LogP contribution in [-0.4, -0.2) is 4.98 Å². The van der Waals surface area contributed by atoms with E-state index in [1.807, 2.05) is 24.3 Å². The highest BCUT2D eigenvalue weighted by Gasteiger charge is 2.14. The highest BCUT2D eigenvalue weighted by Crippen LogP contribution is 2.27. The third-order valence-corrected chi connectivity index (χ3v) is 4.04. The van der Waals surface area contributed by atoms with Gasteiger partial charge < -0.3 is 5.73 Å². The van der Waals surface area contributed by atoms with Gasteiger partial charge in [-0.1, -0.05) is 41.9 Å². The number of rotatable bonds is 3. The number of hydrogen-bond donors (Lipinski definition) is 1. The molecular weight excluding hydrogens is 296 g/mol.